The fraction of sp³-hybridized carbons (Fsp3) is 0.556. The van der Waals surface area contributed by atoms with Gasteiger partial charge in [-0.25, -0.2) is 4.79 Å². The fourth-order valence-electron chi connectivity index (χ4n) is 3.44. The van der Waals surface area contributed by atoms with Crippen LogP contribution in [0.5, 0.6) is 0 Å². The van der Waals surface area contributed by atoms with Crippen LogP contribution in [-0.4, -0.2) is 61.5 Å². The molecule has 0 aromatic heterocycles. The van der Waals surface area contributed by atoms with E-state index in [1.165, 1.54) is 6.92 Å². The third kappa shape index (κ3) is 4.65. The number of carbonyl (C=O) groups is 2. The minimum Gasteiger partial charge on any atom is -0.442 e. The molecule has 0 radical (unpaired) electrons. The van der Waals surface area contributed by atoms with E-state index in [-0.39, 0.29) is 18.6 Å². The molecule has 3 rings (SSSR count). The van der Waals surface area contributed by atoms with Crippen LogP contribution in [0.2, 0.25) is 0 Å². The van der Waals surface area contributed by atoms with Crippen LogP contribution in [0.15, 0.2) is 29.4 Å². The summed E-state index contributed by atoms with van der Waals surface area (Å²) in [5.74, 6) is -0.160. The number of amides is 2. The summed E-state index contributed by atoms with van der Waals surface area (Å²) in [6, 6.07) is 7.58. The zero-order chi connectivity index (χ0) is 20.1. The van der Waals surface area contributed by atoms with Crippen LogP contribution in [0.25, 0.3) is 10.4 Å². The average molecular weight is 388 g/mol. The molecule has 1 atom stereocenters. The maximum atomic E-state index is 12.1. The first kappa shape index (κ1) is 19.8. The van der Waals surface area contributed by atoms with E-state index in [1.54, 1.807) is 4.90 Å². The van der Waals surface area contributed by atoms with Gasteiger partial charge in [-0.1, -0.05) is 5.11 Å². The number of cyclic esters (lactones) is 1. The lowest BCUT2D eigenvalue weighted by atomic mass is 9.91. The summed E-state index contributed by atoms with van der Waals surface area (Å²) in [5, 5.41) is 16.6. The highest BCUT2D eigenvalue weighted by Gasteiger charge is 2.33. The molecular formula is C18H24N6O4. The van der Waals surface area contributed by atoms with Gasteiger partial charge in [0.25, 0.3) is 0 Å². The van der Waals surface area contributed by atoms with E-state index in [0.717, 1.165) is 11.4 Å². The zero-order valence-corrected chi connectivity index (χ0v) is 15.7. The van der Waals surface area contributed by atoms with Gasteiger partial charge in [0.2, 0.25) is 5.91 Å². The normalized spacial score (nSPS) is 21.1. The Morgan fingerprint density at radius 1 is 1.36 bits per heavy atom. The second-order valence-corrected chi connectivity index (χ2v) is 7.17. The Kier molecular flexibility index (Phi) is 5.91. The van der Waals surface area contributed by atoms with E-state index in [9.17, 15) is 14.7 Å². The SMILES string of the molecule is CC(=O)NCC1CN(c2ccc(N3CCC(O)(CN=[N+]=[N-])CC3)cc2)C(=O)O1. The molecule has 2 fully saturated rings. The Morgan fingerprint density at radius 3 is 2.61 bits per heavy atom. The van der Waals surface area contributed by atoms with Gasteiger partial charge in [-0.2, -0.15) is 0 Å². The molecular weight excluding hydrogens is 364 g/mol. The van der Waals surface area contributed by atoms with E-state index < -0.39 is 11.7 Å². The summed E-state index contributed by atoms with van der Waals surface area (Å²) in [4.78, 5) is 29.5. The van der Waals surface area contributed by atoms with Crippen molar-refractivity contribution in [2.75, 3.05) is 42.5 Å². The molecule has 0 aliphatic carbocycles. The van der Waals surface area contributed by atoms with Crippen molar-refractivity contribution in [3.63, 3.8) is 0 Å². The van der Waals surface area contributed by atoms with Gasteiger partial charge in [0, 0.05) is 36.3 Å². The molecule has 150 valence electrons. The topological polar surface area (TPSA) is 131 Å². The Morgan fingerprint density at radius 2 is 2.00 bits per heavy atom. The molecule has 1 aromatic carbocycles. The van der Waals surface area contributed by atoms with Gasteiger partial charge in [0.05, 0.1) is 25.2 Å². The number of ether oxygens (including phenoxy) is 1. The predicted octanol–water partition coefficient (Wildman–Crippen LogP) is 1.79. The van der Waals surface area contributed by atoms with Gasteiger partial charge in [-0.05, 0) is 42.6 Å². The van der Waals surface area contributed by atoms with Crippen LogP contribution >= 0.6 is 0 Å². The van der Waals surface area contributed by atoms with Crippen LogP contribution in [0.4, 0.5) is 16.2 Å². The number of anilines is 2. The number of nitrogens with zero attached hydrogens (tertiary/aromatic N) is 5. The third-order valence-corrected chi connectivity index (χ3v) is 5.10. The number of benzene rings is 1. The Hall–Kier alpha value is -2.97. The number of carbonyl (C=O) groups excluding carboxylic acids is 2. The third-order valence-electron chi connectivity index (χ3n) is 5.10. The molecule has 2 saturated heterocycles. The van der Waals surface area contributed by atoms with Crippen molar-refractivity contribution in [2.24, 2.45) is 5.11 Å². The van der Waals surface area contributed by atoms with E-state index >= 15 is 0 Å². The summed E-state index contributed by atoms with van der Waals surface area (Å²) in [6.07, 6.45) is 0.254. The smallest absolute Gasteiger partial charge is 0.414 e. The fourth-order valence-corrected chi connectivity index (χ4v) is 3.44. The molecule has 0 spiro atoms. The number of piperidine rings is 1. The lowest BCUT2D eigenvalue weighted by molar-refractivity contribution is -0.119. The molecule has 1 aromatic rings. The highest BCUT2D eigenvalue weighted by Crippen LogP contribution is 2.29. The van der Waals surface area contributed by atoms with Gasteiger partial charge in [-0.3, -0.25) is 9.69 Å². The number of nitrogens with one attached hydrogen (secondary N) is 1. The van der Waals surface area contributed by atoms with Crippen molar-refractivity contribution in [1.82, 2.24) is 5.32 Å². The second-order valence-electron chi connectivity index (χ2n) is 7.17. The Bertz CT molecular complexity index is 769. The van der Waals surface area contributed by atoms with Gasteiger partial charge >= 0.3 is 6.09 Å². The van der Waals surface area contributed by atoms with E-state index in [2.05, 4.69) is 20.2 Å². The maximum absolute atomic E-state index is 12.1. The quantitative estimate of drug-likeness (QED) is 0.436. The Labute approximate surface area is 162 Å². The summed E-state index contributed by atoms with van der Waals surface area (Å²) in [6.45, 7) is 3.50. The molecule has 0 bridgehead atoms. The van der Waals surface area contributed by atoms with E-state index in [1.807, 2.05) is 24.3 Å². The highest BCUT2D eigenvalue weighted by molar-refractivity contribution is 5.90. The number of hydrogen-bond acceptors (Lipinski definition) is 6. The molecule has 2 aliphatic heterocycles. The lowest BCUT2D eigenvalue weighted by Crippen LogP contribution is -2.46. The lowest BCUT2D eigenvalue weighted by Gasteiger charge is -2.38. The Balaban J connectivity index is 1.58. The minimum atomic E-state index is -0.940. The van der Waals surface area contributed by atoms with Gasteiger partial charge in [0.1, 0.15) is 6.10 Å². The minimum absolute atomic E-state index is 0.0903. The predicted molar refractivity (Wildman–Crippen MR) is 103 cm³/mol. The van der Waals surface area contributed by atoms with Crippen LogP contribution < -0.4 is 15.1 Å². The monoisotopic (exact) mass is 388 g/mol. The van der Waals surface area contributed by atoms with Crippen molar-refractivity contribution >= 4 is 23.4 Å². The molecule has 10 nitrogen and oxygen atoms in total. The molecule has 2 heterocycles. The van der Waals surface area contributed by atoms with Crippen molar-refractivity contribution < 1.29 is 19.4 Å². The summed E-state index contributed by atoms with van der Waals surface area (Å²) < 4.78 is 5.28. The first-order valence-electron chi connectivity index (χ1n) is 9.21. The number of rotatable bonds is 6. The highest BCUT2D eigenvalue weighted by atomic mass is 16.6. The van der Waals surface area contributed by atoms with E-state index in [0.29, 0.717) is 39.0 Å². The van der Waals surface area contributed by atoms with E-state index in [4.69, 9.17) is 10.3 Å². The maximum Gasteiger partial charge on any atom is 0.414 e. The van der Waals surface area contributed by atoms with Crippen LogP contribution in [0.1, 0.15) is 19.8 Å². The molecule has 28 heavy (non-hydrogen) atoms. The number of azide groups is 1. The largest absolute Gasteiger partial charge is 0.442 e. The molecule has 2 amide bonds. The second kappa shape index (κ2) is 8.37. The summed E-state index contributed by atoms with van der Waals surface area (Å²) in [5.41, 5.74) is 9.22. The molecule has 0 saturated carbocycles. The van der Waals surface area contributed by atoms with Crippen molar-refractivity contribution in [2.45, 2.75) is 31.5 Å². The van der Waals surface area contributed by atoms with Gasteiger partial charge in [0.15, 0.2) is 0 Å². The summed E-state index contributed by atoms with van der Waals surface area (Å²) >= 11 is 0. The van der Waals surface area contributed by atoms with Crippen molar-refractivity contribution in [3.8, 4) is 0 Å². The van der Waals surface area contributed by atoms with Gasteiger partial charge in [-0.15, -0.1) is 0 Å². The molecule has 2 N–H and O–H groups in total. The average Bonchev–Trinajstić information content (AvgIpc) is 3.06. The van der Waals surface area contributed by atoms with Crippen molar-refractivity contribution in [3.05, 3.63) is 34.7 Å². The number of hydrogen-bond donors (Lipinski definition) is 2. The first-order valence-corrected chi connectivity index (χ1v) is 9.21. The molecule has 1 unspecified atom stereocenters. The summed E-state index contributed by atoms with van der Waals surface area (Å²) in [7, 11) is 0. The number of aliphatic hydroxyl groups is 1. The molecule has 2 aliphatic rings. The van der Waals surface area contributed by atoms with Crippen LogP contribution in [0.3, 0.4) is 0 Å². The van der Waals surface area contributed by atoms with Gasteiger partial charge < -0.3 is 20.1 Å². The van der Waals surface area contributed by atoms with Crippen LogP contribution in [0, 0.1) is 0 Å². The zero-order valence-electron chi connectivity index (χ0n) is 15.7. The standard InChI is InChI=1S/C18H24N6O4/c1-13(25)20-10-16-11-24(17(26)28-16)15-4-2-14(3-5-15)23-8-6-18(27,7-9-23)12-21-22-19/h2-5,16,27H,6-12H2,1H3,(H,20,25). The first-order chi connectivity index (χ1) is 13.4. The van der Waals surface area contributed by atoms with Crippen LogP contribution in [-0.2, 0) is 9.53 Å². The van der Waals surface area contributed by atoms with Crippen molar-refractivity contribution in [1.29, 1.82) is 0 Å². The molecule has 10 heteroatoms.